The van der Waals surface area contributed by atoms with Crippen molar-refractivity contribution in [2.24, 2.45) is 0 Å². The highest BCUT2D eigenvalue weighted by Crippen LogP contribution is 2.43. The van der Waals surface area contributed by atoms with Gasteiger partial charge in [0.05, 0.1) is 6.42 Å². The summed E-state index contributed by atoms with van der Waals surface area (Å²) in [5.41, 5.74) is 2.87. The Morgan fingerprint density at radius 1 is 0.956 bits per heavy atom. The van der Waals surface area contributed by atoms with Crippen molar-refractivity contribution in [3.05, 3.63) is 147 Å². The van der Waals surface area contributed by atoms with Gasteiger partial charge in [-0.3, -0.25) is 14.5 Å². The normalized spacial score (nSPS) is 17.5. The van der Waals surface area contributed by atoms with Gasteiger partial charge in [-0.05, 0) is 35.3 Å². The zero-order valence-electron chi connectivity index (χ0n) is 24.4. The number of hydrogen-bond donors (Lipinski definition) is 1. The third-order valence-electron chi connectivity index (χ3n) is 7.47. The summed E-state index contributed by atoms with van der Waals surface area (Å²) in [5.74, 6) is 0.0232. The Labute approximate surface area is 268 Å². The molecule has 0 spiro atoms. The smallest absolute Gasteiger partial charge is 0.356 e. The van der Waals surface area contributed by atoms with Crippen LogP contribution in [0.2, 0.25) is 0 Å². The summed E-state index contributed by atoms with van der Waals surface area (Å²) in [5, 5.41) is 2.42. The fourth-order valence-corrected chi connectivity index (χ4v) is 7.85. The predicted molar refractivity (Wildman–Crippen MR) is 173 cm³/mol. The average Bonchev–Trinajstić information content (AvgIpc) is 3.05. The molecule has 0 bridgehead atoms. The highest BCUT2D eigenvalue weighted by atomic mass is 32.2. The van der Waals surface area contributed by atoms with E-state index in [1.54, 1.807) is 13.0 Å². The van der Waals surface area contributed by atoms with Crippen LogP contribution in [0.4, 0.5) is 0 Å². The number of carbonyl (C=O) groups excluding carboxylic acids is 3. The maximum absolute atomic E-state index is 14.1. The third-order valence-corrected chi connectivity index (χ3v) is 9.88. The number of benzene rings is 3. The van der Waals surface area contributed by atoms with E-state index in [1.165, 1.54) is 34.5 Å². The van der Waals surface area contributed by atoms with Crippen molar-refractivity contribution < 1.29 is 23.5 Å². The van der Waals surface area contributed by atoms with Gasteiger partial charge in [-0.25, -0.2) is 9.59 Å². The number of ether oxygens (including phenoxy) is 1. The Balaban J connectivity index is 1.28. The fraction of sp³-hybridized carbons (Fsp3) is 0.200. The first kappa shape index (κ1) is 30.5. The van der Waals surface area contributed by atoms with E-state index in [9.17, 15) is 19.2 Å². The second-order valence-electron chi connectivity index (χ2n) is 10.7. The first-order valence-corrected chi connectivity index (χ1v) is 16.5. The SMILES string of the molecule is Cc1cc(SCC2=C(C(=O)OC(c3ccccc3)c3ccccc3)N3C(=O)[C@@H](NC(=O)Cc4ccccc4)[C@H]3SC2)cc(=O)o1. The quantitative estimate of drug-likeness (QED) is 0.142. The summed E-state index contributed by atoms with van der Waals surface area (Å²) in [6.07, 6.45) is -0.553. The predicted octanol–water partition coefficient (Wildman–Crippen LogP) is 5.27. The largest absolute Gasteiger partial charge is 0.448 e. The molecule has 6 rings (SSSR count). The lowest BCUT2D eigenvalue weighted by Crippen LogP contribution is -2.70. The van der Waals surface area contributed by atoms with E-state index < -0.39 is 29.1 Å². The molecule has 1 aromatic heterocycles. The molecule has 1 N–H and O–H groups in total. The third kappa shape index (κ3) is 6.92. The molecule has 45 heavy (non-hydrogen) atoms. The molecule has 228 valence electrons. The molecule has 2 aliphatic rings. The summed E-state index contributed by atoms with van der Waals surface area (Å²) in [6.45, 7) is 1.70. The van der Waals surface area contributed by atoms with E-state index in [4.69, 9.17) is 9.15 Å². The van der Waals surface area contributed by atoms with Gasteiger partial charge in [0.15, 0.2) is 6.10 Å². The van der Waals surface area contributed by atoms with Crippen molar-refractivity contribution >= 4 is 41.3 Å². The lowest BCUT2D eigenvalue weighted by Gasteiger charge is -2.50. The van der Waals surface area contributed by atoms with Gasteiger partial charge in [-0.2, -0.15) is 0 Å². The second-order valence-corrected chi connectivity index (χ2v) is 12.8. The number of amides is 2. The summed E-state index contributed by atoms with van der Waals surface area (Å²) in [4.78, 5) is 54.7. The molecule has 0 saturated carbocycles. The van der Waals surface area contributed by atoms with Crippen LogP contribution in [-0.2, 0) is 25.5 Å². The van der Waals surface area contributed by atoms with E-state index in [0.29, 0.717) is 27.7 Å². The van der Waals surface area contributed by atoms with Crippen molar-refractivity contribution in [1.29, 1.82) is 0 Å². The number of nitrogens with one attached hydrogen (secondary N) is 1. The van der Waals surface area contributed by atoms with Crippen molar-refractivity contribution in [1.82, 2.24) is 10.2 Å². The summed E-state index contributed by atoms with van der Waals surface area (Å²) >= 11 is 2.87. The van der Waals surface area contributed by atoms with Crippen LogP contribution in [0.25, 0.3) is 0 Å². The number of hydrogen-bond acceptors (Lipinski definition) is 8. The molecule has 0 aliphatic carbocycles. The number of esters is 1. The Bertz CT molecular complexity index is 1750. The standard InChI is InChI=1S/C35H30N2O6S2/c1-22-17-27(19-29(39)42-22)44-20-26-21-45-34-30(36-28(38)18-23-11-5-2-6-12-23)33(40)37(34)31(26)35(41)43-32(24-13-7-3-8-14-24)25-15-9-4-10-16-25/h2-17,19,30,32,34H,18,20-21H2,1H3,(H,36,38)/t30-,34-/m1/s1. The van der Waals surface area contributed by atoms with Gasteiger partial charge in [-0.15, -0.1) is 23.5 Å². The number of aryl methyl sites for hydroxylation is 1. The number of thioether (sulfide) groups is 2. The molecule has 2 aliphatic heterocycles. The molecule has 3 aromatic carbocycles. The van der Waals surface area contributed by atoms with Crippen LogP contribution < -0.4 is 10.9 Å². The van der Waals surface area contributed by atoms with Crippen LogP contribution in [-0.4, -0.2) is 45.6 Å². The maximum Gasteiger partial charge on any atom is 0.356 e. The van der Waals surface area contributed by atoms with Crippen LogP contribution in [0.15, 0.2) is 129 Å². The van der Waals surface area contributed by atoms with Crippen molar-refractivity contribution in [2.75, 3.05) is 11.5 Å². The van der Waals surface area contributed by atoms with Crippen molar-refractivity contribution in [3.63, 3.8) is 0 Å². The highest BCUT2D eigenvalue weighted by molar-refractivity contribution is 8.01. The number of carbonyl (C=O) groups is 3. The van der Waals surface area contributed by atoms with Crippen LogP contribution in [0.5, 0.6) is 0 Å². The molecule has 0 radical (unpaired) electrons. The minimum Gasteiger partial charge on any atom is -0.448 e. The Kier molecular flexibility index (Phi) is 9.23. The van der Waals surface area contributed by atoms with Gasteiger partial charge in [0.1, 0.15) is 22.9 Å². The fourth-order valence-electron chi connectivity index (χ4n) is 5.37. The zero-order valence-corrected chi connectivity index (χ0v) is 26.0. The molecule has 10 heteroatoms. The lowest BCUT2D eigenvalue weighted by molar-refractivity contribution is -0.154. The first-order chi connectivity index (χ1) is 21.9. The number of nitrogens with zero attached hydrogens (tertiary/aromatic N) is 1. The Morgan fingerprint density at radius 2 is 1.58 bits per heavy atom. The molecule has 2 atom stereocenters. The van der Waals surface area contributed by atoms with Crippen LogP contribution >= 0.6 is 23.5 Å². The van der Waals surface area contributed by atoms with E-state index >= 15 is 0 Å². The second kappa shape index (κ2) is 13.6. The Morgan fingerprint density at radius 3 is 2.20 bits per heavy atom. The van der Waals surface area contributed by atoms with Crippen LogP contribution in [0.3, 0.4) is 0 Å². The number of fused-ring (bicyclic) bond motifs is 1. The molecule has 4 aromatic rings. The molecular weight excluding hydrogens is 609 g/mol. The summed E-state index contributed by atoms with van der Waals surface area (Å²) in [6, 6.07) is 30.6. The molecule has 1 fully saturated rings. The summed E-state index contributed by atoms with van der Waals surface area (Å²) < 4.78 is 11.3. The molecule has 2 amide bonds. The zero-order chi connectivity index (χ0) is 31.3. The lowest BCUT2D eigenvalue weighted by atomic mass is 10.0. The van der Waals surface area contributed by atoms with Crippen LogP contribution in [0, 0.1) is 6.92 Å². The first-order valence-electron chi connectivity index (χ1n) is 14.4. The van der Waals surface area contributed by atoms with Gasteiger partial charge in [0, 0.05) is 22.5 Å². The molecule has 3 heterocycles. The highest BCUT2D eigenvalue weighted by Gasteiger charge is 2.54. The maximum atomic E-state index is 14.1. The van der Waals surface area contributed by atoms with Gasteiger partial charge >= 0.3 is 11.6 Å². The minimum absolute atomic E-state index is 0.148. The van der Waals surface area contributed by atoms with Gasteiger partial charge in [0.25, 0.3) is 5.91 Å². The van der Waals surface area contributed by atoms with Gasteiger partial charge in [-0.1, -0.05) is 91.0 Å². The van der Waals surface area contributed by atoms with Crippen molar-refractivity contribution in [2.45, 2.75) is 35.8 Å². The molecule has 8 nitrogen and oxygen atoms in total. The topological polar surface area (TPSA) is 106 Å². The summed E-state index contributed by atoms with van der Waals surface area (Å²) in [7, 11) is 0. The minimum atomic E-state index is -0.760. The molecule has 0 unspecified atom stereocenters. The van der Waals surface area contributed by atoms with Crippen LogP contribution in [0.1, 0.15) is 28.6 Å². The van der Waals surface area contributed by atoms with E-state index in [2.05, 4.69) is 5.32 Å². The van der Waals surface area contributed by atoms with E-state index in [1.807, 2.05) is 91.0 Å². The molecular formula is C35H30N2O6S2. The van der Waals surface area contributed by atoms with E-state index in [0.717, 1.165) is 16.7 Å². The molecule has 1 saturated heterocycles. The monoisotopic (exact) mass is 638 g/mol. The Hall–Kier alpha value is -4.54. The van der Waals surface area contributed by atoms with Gasteiger partial charge < -0.3 is 14.5 Å². The number of β-lactam (4-membered cyclic amide) rings is 1. The van der Waals surface area contributed by atoms with Gasteiger partial charge in [0.2, 0.25) is 5.91 Å². The van der Waals surface area contributed by atoms with E-state index in [-0.39, 0.29) is 23.9 Å². The number of rotatable bonds is 10. The average molecular weight is 639 g/mol. The van der Waals surface area contributed by atoms with Crippen molar-refractivity contribution in [3.8, 4) is 0 Å².